The fraction of sp³-hybridized carbons (Fsp3) is 0.600. The predicted octanol–water partition coefficient (Wildman–Crippen LogP) is 2.28. The monoisotopic (exact) mass is 248 g/mol. The maximum atomic E-state index is 5.06. The van der Waals surface area contributed by atoms with Gasteiger partial charge < -0.3 is 15.0 Å². The van der Waals surface area contributed by atoms with E-state index in [0.29, 0.717) is 6.04 Å². The molecule has 0 aromatic heterocycles. The van der Waals surface area contributed by atoms with E-state index in [1.165, 1.54) is 18.5 Å². The quantitative estimate of drug-likeness (QED) is 0.782. The molecule has 2 rings (SSSR count). The van der Waals surface area contributed by atoms with E-state index in [9.17, 15) is 0 Å². The van der Waals surface area contributed by atoms with Crippen LogP contribution in [0.15, 0.2) is 30.3 Å². The molecule has 3 nitrogen and oxygen atoms in total. The molecule has 0 bridgehead atoms. The Morgan fingerprint density at radius 3 is 2.61 bits per heavy atom. The number of nitrogens with one attached hydrogen (secondary N) is 1. The summed E-state index contributed by atoms with van der Waals surface area (Å²) in [5, 5.41) is 3.62. The Labute approximate surface area is 110 Å². The van der Waals surface area contributed by atoms with E-state index in [0.717, 1.165) is 32.7 Å². The van der Waals surface area contributed by atoms with Gasteiger partial charge in [0, 0.05) is 38.5 Å². The zero-order chi connectivity index (χ0) is 12.6. The van der Waals surface area contributed by atoms with Crippen LogP contribution in [0, 0.1) is 0 Å². The number of para-hydroxylation sites is 1. The van der Waals surface area contributed by atoms with Crippen LogP contribution in [-0.4, -0.2) is 39.4 Å². The molecule has 3 heteroatoms. The molecule has 1 N–H and O–H groups in total. The van der Waals surface area contributed by atoms with Crippen LogP contribution in [0.5, 0.6) is 0 Å². The van der Waals surface area contributed by atoms with Gasteiger partial charge in [0.05, 0.1) is 0 Å². The van der Waals surface area contributed by atoms with E-state index in [4.69, 9.17) is 4.74 Å². The summed E-state index contributed by atoms with van der Waals surface area (Å²) in [4.78, 5) is 2.48. The number of ether oxygens (including phenoxy) is 1. The van der Waals surface area contributed by atoms with Crippen LogP contribution in [0.2, 0.25) is 0 Å². The van der Waals surface area contributed by atoms with Crippen molar-refractivity contribution in [2.45, 2.75) is 25.3 Å². The standard InChI is InChI=1S/C15H24N2O/c1-18-13-5-10-16-14-8-11-17(12-9-14)15-6-3-2-4-7-15/h2-4,6-7,14,16H,5,8-13H2,1H3. The highest BCUT2D eigenvalue weighted by Crippen LogP contribution is 2.19. The molecule has 0 radical (unpaired) electrons. The molecule has 1 aromatic rings. The summed E-state index contributed by atoms with van der Waals surface area (Å²) in [5.74, 6) is 0. The number of benzene rings is 1. The minimum absolute atomic E-state index is 0.682. The second-order valence-corrected chi connectivity index (χ2v) is 4.90. The minimum Gasteiger partial charge on any atom is -0.385 e. The molecule has 0 aliphatic carbocycles. The molecule has 1 aliphatic rings. The molecular formula is C15H24N2O. The summed E-state index contributed by atoms with van der Waals surface area (Å²) in [6.07, 6.45) is 3.58. The van der Waals surface area contributed by atoms with Gasteiger partial charge in [-0.15, -0.1) is 0 Å². The maximum absolute atomic E-state index is 5.06. The Morgan fingerprint density at radius 1 is 1.22 bits per heavy atom. The fourth-order valence-corrected chi connectivity index (χ4v) is 2.50. The first kappa shape index (κ1) is 13.4. The molecule has 18 heavy (non-hydrogen) atoms. The number of rotatable bonds is 6. The molecule has 100 valence electrons. The predicted molar refractivity (Wildman–Crippen MR) is 76.2 cm³/mol. The summed E-state index contributed by atoms with van der Waals surface area (Å²) in [6.45, 7) is 4.25. The average molecular weight is 248 g/mol. The van der Waals surface area contributed by atoms with Crippen molar-refractivity contribution in [3.05, 3.63) is 30.3 Å². The van der Waals surface area contributed by atoms with Crippen LogP contribution in [0.25, 0.3) is 0 Å². The first-order valence-corrected chi connectivity index (χ1v) is 6.92. The molecule has 1 fully saturated rings. The first-order valence-electron chi connectivity index (χ1n) is 6.92. The van der Waals surface area contributed by atoms with Crippen LogP contribution in [-0.2, 0) is 4.74 Å². The molecule has 1 aromatic carbocycles. The number of hydrogen-bond donors (Lipinski definition) is 1. The maximum Gasteiger partial charge on any atom is 0.0474 e. The van der Waals surface area contributed by atoms with Gasteiger partial charge in [0.1, 0.15) is 0 Å². The van der Waals surface area contributed by atoms with Crippen LogP contribution < -0.4 is 10.2 Å². The van der Waals surface area contributed by atoms with Gasteiger partial charge in [0.25, 0.3) is 0 Å². The van der Waals surface area contributed by atoms with Gasteiger partial charge in [-0.25, -0.2) is 0 Å². The molecule has 0 unspecified atom stereocenters. The largest absolute Gasteiger partial charge is 0.385 e. The second-order valence-electron chi connectivity index (χ2n) is 4.90. The van der Waals surface area contributed by atoms with Crippen molar-refractivity contribution in [3.63, 3.8) is 0 Å². The lowest BCUT2D eigenvalue weighted by molar-refractivity contribution is 0.192. The third kappa shape index (κ3) is 4.00. The third-order valence-corrected chi connectivity index (χ3v) is 3.57. The van der Waals surface area contributed by atoms with Crippen molar-refractivity contribution in [1.82, 2.24) is 5.32 Å². The van der Waals surface area contributed by atoms with E-state index in [2.05, 4.69) is 40.5 Å². The van der Waals surface area contributed by atoms with Gasteiger partial charge in [-0.2, -0.15) is 0 Å². The zero-order valence-corrected chi connectivity index (χ0v) is 11.3. The number of hydrogen-bond acceptors (Lipinski definition) is 3. The molecule has 1 heterocycles. The fourth-order valence-electron chi connectivity index (χ4n) is 2.50. The van der Waals surface area contributed by atoms with Crippen LogP contribution in [0.3, 0.4) is 0 Å². The number of nitrogens with zero attached hydrogens (tertiary/aromatic N) is 1. The van der Waals surface area contributed by atoms with Gasteiger partial charge in [-0.05, 0) is 37.9 Å². The SMILES string of the molecule is COCCCNC1CCN(c2ccccc2)CC1. The van der Waals surface area contributed by atoms with Crippen LogP contribution >= 0.6 is 0 Å². The normalized spacial score (nSPS) is 17.1. The minimum atomic E-state index is 0.682. The Bertz CT molecular complexity index is 321. The zero-order valence-electron chi connectivity index (χ0n) is 11.3. The van der Waals surface area contributed by atoms with Crippen molar-refractivity contribution in [2.24, 2.45) is 0 Å². The van der Waals surface area contributed by atoms with E-state index < -0.39 is 0 Å². The molecular weight excluding hydrogens is 224 g/mol. The lowest BCUT2D eigenvalue weighted by atomic mass is 10.0. The second kappa shape index (κ2) is 7.39. The topological polar surface area (TPSA) is 24.5 Å². The van der Waals surface area contributed by atoms with Gasteiger partial charge >= 0.3 is 0 Å². The van der Waals surface area contributed by atoms with Crippen molar-refractivity contribution in [3.8, 4) is 0 Å². The molecule has 0 amide bonds. The highest BCUT2D eigenvalue weighted by molar-refractivity contribution is 5.46. The lowest BCUT2D eigenvalue weighted by Crippen LogP contribution is -2.42. The van der Waals surface area contributed by atoms with Gasteiger partial charge in [-0.1, -0.05) is 18.2 Å². The lowest BCUT2D eigenvalue weighted by Gasteiger charge is -2.34. The molecule has 0 spiro atoms. The molecule has 0 saturated carbocycles. The summed E-state index contributed by atoms with van der Waals surface area (Å²) < 4.78 is 5.06. The van der Waals surface area contributed by atoms with E-state index in [1.54, 1.807) is 7.11 Å². The smallest absolute Gasteiger partial charge is 0.0474 e. The van der Waals surface area contributed by atoms with E-state index in [-0.39, 0.29) is 0 Å². The van der Waals surface area contributed by atoms with Gasteiger partial charge in [0.15, 0.2) is 0 Å². The third-order valence-electron chi connectivity index (χ3n) is 3.57. The van der Waals surface area contributed by atoms with Crippen LogP contribution in [0.4, 0.5) is 5.69 Å². The van der Waals surface area contributed by atoms with Crippen molar-refractivity contribution in [2.75, 3.05) is 38.3 Å². The average Bonchev–Trinajstić information content (AvgIpc) is 2.45. The van der Waals surface area contributed by atoms with E-state index >= 15 is 0 Å². The van der Waals surface area contributed by atoms with Crippen LogP contribution in [0.1, 0.15) is 19.3 Å². The molecule has 0 atom stereocenters. The highest BCUT2D eigenvalue weighted by Gasteiger charge is 2.18. The Hall–Kier alpha value is -1.06. The highest BCUT2D eigenvalue weighted by atomic mass is 16.5. The summed E-state index contributed by atoms with van der Waals surface area (Å²) in [7, 11) is 1.76. The van der Waals surface area contributed by atoms with Gasteiger partial charge in [0.2, 0.25) is 0 Å². The number of piperidine rings is 1. The van der Waals surface area contributed by atoms with Crippen molar-refractivity contribution in [1.29, 1.82) is 0 Å². The first-order chi connectivity index (χ1) is 8.90. The van der Waals surface area contributed by atoms with E-state index in [1.807, 2.05) is 0 Å². The number of anilines is 1. The number of methoxy groups -OCH3 is 1. The molecule has 1 saturated heterocycles. The molecule has 1 aliphatic heterocycles. The summed E-state index contributed by atoms with van der Waals surface area (Å²) >= 11 is 0. The Kier molecular flexibility index (Phi) is 5.49. The Balaban J connectivity index is 1.68. The van der Waals surface area contributed by atoms with Gasteiger partial charge in [-0.3, -0.25) is 0 Å². The van der Waals surface area contributed by atoms with Crippen molar-refractivity contribution >= 4 is 5.69 Å². The Morgan fingerprint density at radius 2 is 1.94 bits per heavy atom. The summed E-state index contributed by atoms with van der Waals surface area (Å²) in [6, 6.07) is 11.4. The summed E-state index contributed by atoms with van der Waals surface area (Å²) in [5.41, 5.74) is 1.36. The van der Waals surface area contributed by atoms with Crippen molar-refractivity contribution < 1.29 is 4.74 Å².